The summed E-state index contributed by atoms with van der Waals surface area (Å²) in [5, 5.41) is 3.72. The van der Waals surface area contributed by atoms with E-state index in [4.69, 9.17) is 16.3 Å². The van der Waals surface area contributed by atoms with Crippen LogP contribution < -0.4 is 5.32 Å². The Morgan fingerprint density at radius 2 is 2.24 bits per heavy atom. The maximum absolute atomic E-state index is 13.4. The van der Waals surface area contributed by atoms with E-state index in [1.165, 1.54) is 18.9 Å². The van der Waals surface area contributed by atoms with Crippen molar-refractivity contribution >= 4 is 11.6 Å². The summed E-state index contributed by atoms with van der Waals surface area (Å²) in [4.78, 5) is 0. The number of nitrogens with one attached hydrogen (secondary N) is 1. The van der Waals surface area contributed by atoms with Gasteiger partial charge in [-0.05, 0) is 55.8 Å². The first-order valence-corrected chi connectivity index (χ1v) is 8.29. The predicted octanol–water partition coefficient (Wildman–Crippen LogP) is 3.82. The highest BCUT2D eigenvalue weighted by molar-refractivity contribution is 6.30. The molecule has 1 aromatic rings. The lowest BCUT2D eigenvalue weighted by Gasteiger charge is -2.35. The summed E-state index contributed by atoms with van der Waals surface area (Å²) in [5.41, 5.74) is 1.23. The fraction of sp³-hybridized carbons (Fsp3) is 0.647. The molecule has 1 aromatic carbocycles. The molecular formula is C17H23ClFNO. The predicted molar refractivity (Wildman–Crippen MR) is 83.2 cm³/mol. The van der Waals surface area contributed by atoms with Crippen LogP contribution in [0.15, 0.2) is 18.2 Å². The first-order chi connectivity index (χ1) is 10.1. The molecule has 1 saturated carbocycles. The Balaban J connectivity index is 1.82. The van der Waals surface area contributed by atoms with Gasteiger partial charge in [-0.3, -0.25) is 0 Å². The molecule has 2 aliphatic rings. The molecule has 2 fully saturated rings. The first kappa shape index (κ1) is 15.3. The average Bonchev–Trinajstić information content (AvgIpc) is 3.23. The summed E-state index contributed by atoms with van der Waals surface area (Å²) >= 11 is 5.94. The molecule has 0 amide bonds. The van der Waals surface area contributed by atoms with Gasteiger partial charge in [-0.1, -0.05) is 24.6 Å². The van der Waals surface area contributed by atoms with Crippen LogP contribution in [0.1, 0.15) is 31.7 Å². The molecule has 1 N–H and O–H groups in total. The van der Waals surface area contributed by atoms with E-state index in [1.54, 1.807) is 6.07 Å². The molecule has 2 nitrogen and oxygen atoms in total. The highest BCUT2D eigenvalue weighted by atomic mass is 35.5. The maximum atomic E-state index is 13.4. The van der Waals surface area contributed by atoms with Gasteiger partial charge in [0.05, 0.1) is 11.1 Å². The molecule has 4 heteroatoms. The SMILES string of the molecule is CCNCC1(Cc2ccc(F)c(Cl)c2)CCOC1C1CC1. The molecule has 0 bridgehead atoms. The van der Waals surface area contributed by atoms with Crippen molar-refractivity contribution in [2.45, 2.75) is 38.7 Å². The molecule has 116 valence electrons. The number of ether oxygens (including phenoxy) is 1. The van der Waals surface area contributed by atoms with Gasteiger partial charge in [0.15, 0.2) is 0 Å². The summed E-state index contributed by atoms with van der Waals surface area (Å²) in [6.07, 6.45) is 4.86. The van der Waals surface area contributed by atoms with E-state index in [-0.39, 0.29) is 16.3 Å². The average molecular weight is 312 g/mol. The van der Waals surface area contributed by atoms with Crippen molar-refractivity contribution in [2.75, 3.05) is 19.7 Å². The van der Waals surface area contributed by atoms with Crippen molar-refractivity contribution in [1.29, 1.82) is 0 Å². The van der Waals surface area contributed by atoms with E-state index in [0.717, 1.165) is 38.1 Å². The van der Waals surface area contributed by atoms with Crippen LogP contribution in [0.4, 0.5) is 4.39 Å². The Kier molecular flexibility index (Phi) is 4.53. The monoisotopic (exact) mass is 311 g/mol. The van der Waals surface area contributed by atoms with Crippen LogP contribution in [0, 0.1) is 17.2 Å². The molecule has 1 aliphatic carbocycles. The highest BCUT2D eigenvalue weighted by Gasteiger charge is 2.50. The minimum atomic E-state index is -0.345. The third kappa shape index (κ3) is 3.25. The third-order valence-corrected chi connectivity index (χ3v) is 5.11. The second kappa shape index (κ2) is 6.23. The van der Waals surface area contributed by atoms with Crippen molar-refractivity contribution in [2.24, 2.45) is 11.3 Å². The molecule has 1 saturated heterocycles. The lowest BCUT2D eigenvalue weighted by Crippen LogP contribution is -2.43. The van der Waals surface area contributed by atoms with Gasteiger partial charge in [0.1, 0.15) is 5.82 Å². The molecule has 2 unspecified atom stereocenters. The van der Waals surface area contributed by atoms with Crippen LogP contribution in [-0.4, -0.2) is 25.8 Å². The Bertz CT molecular complexity index is 506. The third-order valence-electron chi connectivity index (χ3n) is 4.82. The molecular weight excluding hydrogens is 289 g/mol. The van der Waals surface area contributed by atoms with Crippen LogP contribution in [-0.2, 0) is 11.2 Å². The number of halogens is 2. The summed E-state index contributed by atoms with van der Waals surface area (Å²) in [5.74, 6) is 0.365. The topological polar surface area (TPSA) is 21.3 Å². The second-order valence-corrected chi connectivity index (χ2v) is 6.85. The van der Waals surface area contributed by atoms with Crippen molar-refractivity contribution in [3.05, 3.63) is 34.6 Å². The Morgan fingerprint density at radius 3 is 2.90 bits per heavy atom. The standard InChI is InChI=1S/C17H23ClFNO/c1-2-20-11-17(7-8-21-16(17)13-4-5-13)10-12-3-6-15(19)14(18)9-12/h3,6,9,13,16,20H,2,4-5,7-8,10-11H2,1H3. The lowest BCUT2D eigenvalue weighted by molar-refractivity contribution is 0.0308. The smallest absolute Gasteiger partial charge is 0.141 e. The normalized spacial score (nSPS) is 29.0. The fourth-order valence-corrected chi connectivity index (χ4v) is 3.82. The van der Waals surface area contributed by atoms with Crippen molar-refractivity contribution in [3.63, 3.8) is 0 Å². The van der Waals surface area contributed by atoms with E-state index in [9.17, 15) is 4.39 Å². The number of rotatable bonds is 6. The highest BCUT2D eigenvalue weighted by Crippen LogP contribution is 2.49. The van der Waals surface area contributed by atoms with Crippen molar-refractivity contribution in [1.82, 2.24) is 5.32 Å². The Hall–Kier alpha value is -0.640. The first-order valence-electron chi connectivity index (χ1n) is 7.91. The van der Waals surface area contributed by atoms with Gasteiger partial charge in [0.25, 0.3) is 0 Å². The summed E-state index contributed by atoms with van der Waals surface area (Å²) in [6.45, 7) is 4.88. The minimum absolute atomic E-state index is 0.123. The number of benzene rings is 1. The minimum Gasteiger partial charge on any atom is -0.377 e. The van der Waals surface area contributed by atoms with Gasteiger partial charge in [-0.25, -0.2) is 4.39 Å². The number of hydrogen-bond acceptors (Lipinski definition) is 2. The summed E-state index contributed by atoms with van der Waals surface area (Å²) in [6, 6.07) is 5.10. The van der Waals surface area contributed by atoms with Gasteiger partial charge in [-0.15, -0.1) is 0 Å². The van der Waals surface area contributed by atoms with Crippen LogP contribution in [0.25, 0.3) is 0 Å². The molecule has 2 atom stereocenters. The molecule has 0 radical (unpaired) electrons. The molecule has 3 rings (SSSR count). The Labute approximate surface area is 131 Å². The van der Waals surface area contributed by atoms with Crippen LogP contribution in [0.5, 0.6) is 0 Å². The number of hydrogen-bond donors (Lipinski definition) is 1. The van der Waals surface area contributed by atoms with Crippen LogP contribution in [0.2, 0.25) is 5.02 Å². The van der Waals surface area contributed by atoms with E-state index >= 15 is 0 Å². The zero-order valence-corrected chi connectivity index (χ0v) is 13.3. The molecule has 0 aromatic heterocycles. The van der Waals surface area contributed by atoms with Crippen molar-refractivity contribution < 1.29 is 9.13 Å². The zero-order valence-electron chi connectivity index (χ0n) is 12.5. The van der Waals surface area contributed by atoms with Gasteiger partial charge in [0.2, 0.25) is 0 Å². The maximum Gasteiger partial charge on any atom is 0.141 e. The second-order valence-electron chi connectivity index (χ2n) is 6.45. The van der Waals surface area contributed by atoms with Gasteiger partial charge in [-0.2, -0.15) is 0 Å². The van der Waals surface area contributed by atoms with Gasteiger partial charge < -0.3 is 10.1 Å². The molecule has 0 spiro atoms. The zero-order chi connectivity index (χ0) is 14.9. The largest absolute Gasteiger partial charge is 0.377 e. The van der Waals surface area contributed by atoms with E-state index in [0.29, 0.717) is 12.0 Å². The van der Waals surface area contributed by atoms with Gasteiger partial charge in [0, 0.05) is 18.6 Å². The fourth-order valence-electron chi connectivity index (χ4n) is 3.61. The Morgan fingerprint density at radius 1 is 1.43 bits per heavy atom. The summed E-state index contributed by atoms with van der Waals surface area (Å²) in [7, 11) is 0. The molecule has 1 heterocycles. The van der Waals surface area contributed by atoms with E-state index in [2.05, 4.69) is 12.2 Å². The quantitative estimate of drug-likeness (QED) is 0.862. The van der Waals surface area contributed by atoms with E-state index < -0.39 is 0 Å². The van der Waals surface area contributed by atoms with E-state index in [1.807, 2.05) is 6.07 Å². The van der Waals surface area contributed by atoms with Crippen LogP contribution in [0.3, 0.4) is 0 Å². The van der Waals surface area contributed by atoms with Crippen molar-refractivity contribution in [3.8, 4) is 0 Å². The summed E-state index contributed by atoms with van der Waals surface area (Å²) < 4.78 is 19.4. The molecule has 21 heavy (non-hydrogen) atoms. The lowest BCUT2D eigenvalue weighted by atomic mass is 9.74. The molecule has 1 aliphatic heterocycles. The van der Waals surface area contributed by atoms with Gasteiger partial charge >= 0.3 is 0 Å². The van der Waals surface area contributed by atoms with Crippen LogP contribution >= 0.6 is 11.6 Å².